The highest BCUT2D eigenvalue weighted by molar-refractivity contribution is 5.74. The van der Waals surface area contributed by atoms with Crippen LogP contribution in [0.3, 0.4) is 0 Å². The standard InChI is InChI=1S/C19H26N4O/c1-14-6-8-17(9-7-14)15(2)23(5)19(24)21-13-16-10-11-20-18(12-16)22(3)4/h6-12,15H,13H2,1-5H3,(H,21,24). The fourth-order valence-corrected chi connectivity index (χ4v) is 2.36. The van der Waals surface area contributed by atoms with Crippen LogP contribution in [0.25, 0.3) is 0 Å². The largest absolute Gasteiger partial charge is 0.363 e. The van der Waals surface area contributed by atoms with Gasteiger partial charge in [0.2, 0.25) is 0 Å². The molecule has 1 aromatic heterocycles. The molecule has 0 fully saturated rings. The third-order valence-electron chi connectivity index (χ3n) is 4.17. The number of rotatable bonds is 5. The number of aryl methyl sites for hydroxylation is 1. The topological polar surface area (TPSA) is 48.5 Å². The van der Waals surface area contributed by atoms with Crippen LogP contribution in [0.4, 0.5) is 10.6 Å². The second kappa shape index (κ2) is 7.81. The molecule has 1 atom stereocenters. The minimum atomic E-state index is -0.0914. The normalized spacial score (nSPS) is 11.7. The van der Waals surface area contributed by atoms with Crippen LogP contribution >= 0.6 is 0 Å². The highest BCUT2D eigenvalue weighted by atomic mass is 16.2. The average molecular weight is 326 g/mol. The van der Waals surface area contributed by atoms with Crippen LogP contribution in [0.5, 0.6) is 0 Å². The van der Waals surface area contributed by atoms with Crippen LogP contribution in [-0.4, -0.2) is 37.1 Å². The molecule has 2 rings (SSSR count). The maximum atomic E-state index is 12.4. The maximum absolute atomic E-state index is 12.4. The summed E-state index contributed by atoms with van der Waals surface area (Å²) < 4.78 is 0. The molecule has 0 radical (unpaired) electrons. The molecule has 1 heterocycles. The summed E-state index contributed by atoms with van der Waals surface area (Å²) in [5, 5.41) is 2.97. The van der Waals surface area contributed by atoms with Gasteiger partial charge in [0.15, 0.2) is 0 Å². The molecular weight excluding hydrogens is 300 g/mol. The van der Waals surface area contributed by atoms with Crippen LogP contribution in [-0.2, 0) is 6.54 Å². The van der Waals surface area contributed by atoms with Gasteiger partial charge < -0.3 is 15.1 Å². The number of nitrogens with one attached hydrogen (secondary N) is 1. The summed E-state index contributed by atoms with van der Waals surface area (Å²) in [6.45, 7) is 4.57. The summed E-state index contributed by atoms with van der Waals surface area (Å²) in [5.41, 5.74) is 3.36. The first-order chi connectivity index (χ1) is 11.4. The Labute approximate surface area is 144 Å². The number of benzene rings is 1. The predicted octanol–water partition coefficient (Wildman–Crippen LogP) is 3.36. The number of pyridine rings is 1. The molecule has 0 saturated carbocycles. The Balaban J connectivity index is 1.96. The quantitative estimate of drug-likeness (QED) is 0.916. The van der Waals surface area contributed by atoms with Gasteiger partial charge in [-0.05, 0) is 37.1 Å². The Kier molecular flexibility index (Phi) is 5.79. The van der Waals surface area contributed by atoms with Crippen molar-refractivity contribution in [3.63, 3.8) is 0 Å². The molecule has 2 amide bonds. The van der Waals surface area contributed by atoms with E-state index in [1.807, 2.05) is 45.1 Å². The molecular formula is C19H26N4O. The number of urea groups is 1. The van der Waals surface area contributed by atoms with Gasteiger partial charge in [0.25, 0.3) is 0 Å². The van der Waals surface area contributed by atoms with E-state index < -0.39 is 0 Å². The van der Waals surface area contributed by atoms with E-state index in [2.05, 4.69) is 41.5 Å². The Hall–Kier alpha value is -2.56. The van der Waals surface area contributed by atoms with E-state index in [1.54, 1.807) is 11.1 Å². The summed E-state index contributed by atoms with van der Waals surface area (Å²) in [5.74, 6) is 0.878. The fraction of sp³-hybridized carbons (Fsp3) is 0.368. The molecule has 128 valence electrons. The second-order valence-electron chi connectivity index (χ2n) is 6.27. The number of carbonyl (C=O) groups is 1. The van der Waals surface area contributed by atoms with Crippen molar-refractivity contribution >= 4 is 11.8 Å². The first-order valence-corrected chi connectivity index (χ1v) is 8.08. The van der Waals surface area contributed by atoms with Gasteiger partial charge in [0.1, 0.15) is 5.82 Å². The van der Waals surface area contributed by atoms with Crippen LogP contribution in [0.2, 0.25) is 0 Å². The molecule has 0 aliphatic heterocycles. The third-order valence-corrected chi connectivity index (χ3v) is 4.17. The molecule has 5 heteroatoms. The minimum Gasteiger partial charge on any atom is -0.363 e. The minimum absolute atomic E-state index is 0.0142. The molecule has 0 aliphatic carbocycles. The van der Waals surface area contributed by atoms with E-state index in [1.165, 1.54) is 5.56 Å². The van der Waals surface area contributed by atoms with E-state index in [0.29, 0.717) is 6.54 Å². The lowest BCUT2D eigenvalue weighted by Crippen LogP contribution is -2.38. The van der Waals surface area contributed by atoms with Gasteiger partial charge in [0, 0.05) is 33.9 Å². The van der Waals surface area contributed by atoms with E-state index >= 15 is 0 Å². The van der Waals surface area contributed by atoms with Crippen molar-refractivity contribution in [2.45, 2.75) is 26.4 Å². The summed E-state index contributed by atoms with van der Waals surface area (Å²) in [4.78, 5) is 20.3. The maximum Gasteiger partial charge on any atom is 0.317 e. The van der Waals surface area contributed by atoms with Gasteiger partial charge >= 0.3 is 6.03 Å². The van der Waals surface area contributed by atoms with Crippen molar-refractivity contribution in [1.82, 2.24) is 15.2 Å². The lowest BCUT2D eigenvalue weighted by atomic mass is 10.1. The first kappa shape index (κ1) is 17.8. The zero-order valence-electron chi connectivity index (χ0n) is 15.1. The van der Waals surface area contributed by atoms with Crippen LogP contribution < -0.4 is 10.2 Å². The molecule has 5 nitrogen and oxygen atoms in total. The number of hydrogen-bond donors (Lipinski definition) is 1. The molecule has 0 spiro atoms. The Bertz CT molecular complexity index is 682. The summed E-state index contributed by atoms with van der Waals surface area (Å²) in [6, 6.07) is 12.1. The molecule has 1 unspecified atom stereocenters. The highest BCUT2D eigenvalue weighted by Gasteiger charge is 2.17. The Morgan fingerprint density at radius 1 is 1.17 bits per heavy atom. The number of hydrogen-bond acceptors (Lipinski definition) is 3. The lowest BCUT2D eigenvalue weighted by Gasteiger charge is -2.26. The van der Waals surface area contributed by atoms with Gasteiger partial charge in [-0.1, -0.05) is 29.8 Å². The molecule has 0 saturated heterocycles. The predicted molar refractivity (Wildman–Crippen MR) is 98.2 cm³/mol. The first-order valence-electron chi connectivity index (χ1n) is 8.08. The van der Waals surface area contributed by atoms with Gasteiger partial charge in [-0.15, -0.1) is 0 Å². The molecule has 0 aliphatic rings. The van der Waals surface area contributed by atoms with E-state index in [9.17, 15) is 4.79 Å². The lowest BCUT2D eigenvalue weighted by molar-refractivity contribution is 0.194. The monoisotopic (exact) mass is 326 g/mol. The van der Waals surface area contributed by atoms with Crippen molar-refractivity contribution in [2.75, 3.05) is 26.0 Å². The molecule has 1 N–H and O–H groups in total. The number of carbonyl (C=O) groups excluding carboxylic acids is 1. The van der Waals surface area contributed by atoms with Gasteiger partial charge in [0.05, 0.1) is 6.04 Å². The molecule has 1 aromatic carbocycles. The zero-order chi connectivity index (χ0) is 17.7. The van der Waals surface area contributed by atoms with Crippen LogP contribution in [0.15, 0.2) is 42.6 Å². The van der Waals surface area contributed by atoms with Crippen molar-refractivity contribution < 1.29 is 4.79 Å². The average Bonchev–Trinajstić information content (AvgIpc) is 2.59. The fourth-order valence-electron chi connectivity index (χ4n) is 2.36. The van der Waals surface area contributed by atoms with Crippen molar-refractivity contribution in [1.29, 1.82) is 0 Å². The van der Waals surface area contributed by atoms with Gasteiger partial charge in [-0.2, -0.15) is 0 Å². The highest BCUT2D eigenvalue weighted by Crippen LogP contribution is 2.19. The van der Waals surface area contributed by atoms with Crippen LogP contribution in [0, 0.1) is 6.92 Å². The number of amides is 2. The number of aromatic nitrogens is 1. The smallest absolute Gasteiger partial charge is 0.317 e. The Morgan fingerprint density at radius 3 is 2.46 bits per heavy atom. The second-order valence-corrected chi connectivity index (χ2v) is 6.27. The van der Waals surface area contributed by atoms with Crippen molar-refractivity contribution in [2.24, 2.45) is 0 Å². The SMILES string of the molecule is Cc1ccc(C(C)N(C)C(=O)NCc2ccnc(N(C)C)c2)cc1. The number of nitrogens with zero attached hydrogens (tertiary/aromatic N) is 3. The number of anilines is 1. The van der Waals surface area contributed by atoms with E-state index in [-0.39, 0.29) is 12.1 Å². The summed E-state index contributed by atoms with van der Waals surface area (Å²) in [6.07, 6.45) is 1.76. The summed E-state index contributed by atoms with van der Waals surface area (Å²) >= 11 is 0. The van der Waals surface area contributed by atoms with Crippen molar-refractivity contribution in [3.8, 4) is 0 Å². The molecule has 2 aromatic rings. The molecule has 24 heavy (non-hydrogen) atoms. The van der Waals surface area contributed by atoms with Crippen LogP contribution in [0.1, 0.15) is 29.7 Å². The summed E-state index contributed by atoms with van der Waals surface area (Å²) in [7, 11) is 5.71. The Morgan fingerprint density at radius 2 is 1.83 bits per heavy atom. The van der Waals surface area contributed by atoms with Gasteiger partial charge in [-0.25, -0.2) is 9.78 Å². The van der Waals surface area contributed by atoms with Crippen molar-refractivity contribution in [3.05, 3.63) is 59.3 Å². The molecule has 0 bridgehead atoms. The van der Waals surface area contributed by atoms with E-state index in [4.69, 9.17) is 0 Å². The zero-order valence-corrected chi connectivity index (χ0v) is 15.1. The third kappa shape index (κ3) is 4.47. The van der Waals surface area contributed by atoms with E-state index in [0.717, 1.165) is 16.9 Å². The van der Waals surface area contributed by atoms with Gasteiger partial charge in [-0.3, -0.25) is 0 Å².